The van der Waals surface area contributed by atoms with Gasteiger partial charge in [-0.3, -0.25) is 4.21 Å². The molecule has 0 radical (unpaired) electrons. The molecule has 3 nitrogen and oxygen atoms in total. The van der Waals surface area contributed by atoms with Gasteiger partial charge in [-0.1, -0.05) is 11.6 Å². The van der Waals surface area contributed by atoms with Gasteiger partial charge in [-0.2, -0.15) is 0 Å². The molecule has 0 saturated carbocycles. The average molecular weight is 214 g/mol. The van der Waals surface area contributed by atoms with Gasteiger partial charge in [0.1, 0.15) is 5.15 Å². The second-order valence-electron chi connectivity index (χ2n) is 2.04. The van der Waals surface area contributed by atoms with Crippen molar-refractivity contribution in [1.29, 1.82) is 0 Å². The molecule has 0 bridgehead atoms. The third kappa shape index (κ3) is 3.12. The van der Waals surface area contributed by atoms with Crippen molar-refractivity contribution in [3.63, 3.8) is 0 Å². The van der Waals surface area contributed by atoms with Gasteiger partial charge < -0.3 is 4.55 Å². The molecular formula is C6H5ClNNaO2S. The van der Waals surface area contributed by atoms with Crippen molar-refractivity contribution in [2.75, 3.05) is 0 Å². The minimum absolute atomic E-state index is 0. The Kier molecular flexibility index (Phi) is 5.56. The van der Waals surface area contributed by atoms with Crippen LogP contribution in [0.1, 0.15) is 5.56 Å². The van der Waals surface area contributed by atoms with E-state index in [4.69, 9.17) is 11.6 Å². The number of hydrogen-bond donors (Lipinski definition) is 0. The number of hydrogen-bond acceptors (Lipinski definition) is 3. The summed E-state index contributed by atoms with van der Waals surface area (Å²) in [6.45, 7) is 1.75. The van der Waals surface area contributed by atoms with Crippen LogP contribution in [0.5, 0.6) is 0 Å². The predicted molar refractivity (Wildman–Crippen MR) is 41.2 cm³/mol. The molecule has 1 aromatic heterocycles. The first-order chi connectivity index (χ1) is 5.11. The molecule has 0 aliphatic rings. The minimum atomic E-state index is -2.30. The van der Waals surface area contributed by atoms with Crippen LogP contribution < -0.4 is 29.6 Å². The minimum Gasteiger partial charge on any atom is -0.768 e. The summed E-state index contributed by atoms with van der Waals surface area (Å²) < 4.78 is 20.9. The van der Waals surface area contributed by atoms with E-state index in [0.717, 1.165) is 5.56 Å². The Hall–Kier alpha value is 0.550. The molecule has 6 heteroatoms. The maximum absolute atomic E-state index is 10.4. The van der Waals surface area contributed by atoms with Crippen LogP contribution in [0.15, 0.2) is 17.2 Å². The molecule has 0 spiro atoms. The normalized spacial score (nSPS) is 11.9. The van der Waals surface area contributed by atoms with E-state index in [0.29, 0.717) is 0 Å². The molecule has 60 valence electrons. The van der Waals surface area contributed by atoms with Crippen LogP contribution in [-0.2, 0) is 11.1 Å². The van der Waals surface area contributed by atoms with E-state index in [-0.39, 0.29) is 39.6 Å². The third-order valence-corrected chi connectivity index (χ3v) is 2.21. The van der Waals surface area contributed by atoms with Crippen molar-refractivity contribution in [3.05, 3.63) is 23.0 Å². The van der Waals surface area contributed by atoms with Crippen LogP contribution >= 0.6 is 11.6 Å². The Bertz CT molecular complexity index is 308. The summed E-state index contributed by atoms with van der Waals surface area (Å²) in [7, 11) is 0. The number of rotatable bonds is 1. The number of nitrogens with zero attached hydrogens (tertiary/aromatic N) is 1. The Balaban J connectivity index is 0.00000121. The Labute approximate surface area is 100 Å². The third-order valence-electron chi connectivity index (χ3n) is 1.12. The smallest absolute Gasteiger partial charge is 0.768 e. The van der Waals surface area contributed by atoms with Gasteiger partial charge in [0.05, 0.1) is 4.90 Å². The van der Waals surface area contributed by atoms with Crippen molar-refractivity contribution in [1.82, 2.24) is 4.98 Å². The van der Waals surface area contributed by atoms with Gasteiger partial charge in [-0.25, -0.2) is 4.98 Å². The van der Waals surface area contributed by atoms with E-state index in [9.17, 15) is 8.76 Å². The van der Waals surface area contributed by atoms with Crippen molar-refractivity contribution in [2.45, 2.75) is 11.8 Å². The first-order valence-corrected chi connectivity index (χ1v) is 4.28. The van der Waals surface area contributed by atoms with Gasteiger partial charge in [-0.15, -0.1) is 0 Å². The summed E-state index contributed by atoms with van der Waals surface area (Å²) in [5.74, 6) is 0. The van der Waals surface area contributed by atoms with E-state index in [2.05, 4.69) is 4.98 Å². The SMILES string of the molecule is Cc1cnc(Cl)c(S(=O)[O-])c1.[Na+]. The van der Waals surface area contributed by atoms with E-state index < -0.39 is 11.1 Å². The zero-order valence-electron chi connectivity index (χ0n) is 6.70. The molecule has 0 amide bonds. The number of halogens is 1. The van der Waals surface area contributed by atoms with Gasteiger partial charge in [0.25, 0.3) is 0 Å². The zero-order valence-corrected chi connectivity index (χ0v) is 10.3. The number of aromatic nitrogens is 1. The zero-order chi connectivity index (χ0) is 8.43. The molecular weight excluding hydrogens is 209 g/mol. The van der Waals surface area contributed by atoms with E-state index in [1.807, 2.05) is 0 Å². The summed E-state index contributed by atoms with van der Waals surface area (Å²) in [5, 5.41) is 0.0175. The standard InChI is InChI=1S/C6H6ClNO2S.Na/c1-4-2-5(11(9)10)6(7)8-3-4;/h2-3H,1H3,(H,9,10);/q;+1/p-1. The van der Waals surface area contributed by atoms with Gasteiger partial charge in [0.15, 0.2) is 0 Å². The molecule has 1 atom stereocenters. The van der Waals surface area contributed by atoms with E-state index in [1.165, 1.54) is 12.3 Å². The van der Waals surface area contributed by atoms with Crippen molar-refractivity contribution in [3.8, 4) is 0 Å². The van der Waals surface area contributed by atoms with E-state index >= 15 is 0 Å². The van der Waals surface area contributed by atoms with Crippen LogP contribution in [0.25, 0.3) is 0 Å². The largest absolute Gasteiger partial charge is 1.00 e. The molecule has 1 rings (SSSR count). The fourth-order valence-electron chi connectivity index (χ4n) is 0.643. The quantitative estimate of drug-likeness (QED) is 0.317. The summed E-state index contributed by atoms with van der Waals surface area (Å²) >= 11 is 3.19. The summed E-state index contributed by atoms with van der Waals surface area (Å²) in [4.78, 5) is 3.72. The Morgan fingerprint density at radius 2 is 2.25 bits per heavy atom. The molecule has 0 aliphatic carbocycles. The van der Waals surface area contributed by atoms with Crippen LogP contribution in [-0.4, -0.2) is 13.7 Å². The molecule has 0 fully saturated rings. The molecule has 1 heterocycles. The fourth-order valence-corrected chi connectivity index (χ4v) is 1.41. The molecule has 0 aromatic carbocycles. The number of pyridine rings is 1. The van der Waals surface area contributed by atoms with Crippen molar-refractivity contribution < 1.29 is 38.3 Å². The predicted octanol–water partition coefficient (Wildman–Crippen LogP) is -1.71. The van der Waals surface area contributed by atoms with Gasteiger partial charge in [0, 0.05) is 6.20 Å². The molecule has 1 unspecified atom stereocenters. The van der Waals surface area contributed by atoms with Crippen LogP contribution in [0, 0.1) is 6.92 Å². The average Bonchev–Trinajstić information content (AvgIpc) is 1.94. The van der Waals surface area contributed by atoms with Crippen LogP contribution in [0.4, 0.5) is 0 Å². The van der Waals surface area contributed by atoms with Gasteiger partial charge in [-0.05, 0) is 29.6 Å². The monoisotopic (exact) mass is 213 g/mol. The first kappa shape index (κ1) is 12.6. The Morgan fingerprint density at radius 1 is 1.67 bits per heavy atom. The topological polar surface area (TPSA) is 53.0 Å². The summed E-state index contributed by atoms with van der Waals surface area (Å²) in [5.41, 5.74) is 0.772. The van der Waals surface area contributed by atoms with Crippen LogP contribution in [0.3, 0.4) is 0 Å². The number of aryl methyl sites for hydroxylation is 1. The molecule has 12 heavy (non-hydrogen) atoms. The van der Waals surface area contributed by atoms with Crippen LogP contribution in [0.2, 0.25) is 5.15 Å². The fraction of sp³-hybridized carbons (Fsp3) is 0.167. The Morgan fingerprint density at radius 3 is 2.67 bits per heavy atom. The molecule has 0 saturated heterocycles. The second kappa shape index (κ2) is 5.32. The molecule has 1 aromatic rings. The van der Waals surface area contributed by atoms with Gasteiger partial charge in [0.2, 0.25) is 0 Å². The summed E-state index contributed by atoms with van der Waals surface area (Å²) in [6, 6.07) is 1.47. The van der Waals surface area contributed by atoms with E-state index in [1.54, 1.807) is 6.92 Å². The maximum Gasteiger partial charge on any atom is 1.00 e. The second-order valence-corrected chi connectivity index (χ2v) is 3.30. The summed E-state index contributed by atoms with van der Waals surface area (Å²) in [6.07, 6.45) is 1.51. The van der Waals surface area contributed by atoms with Gasteiger partial charge >= 0.3 is 29.6 Å². The maximum atomic E-state index is 10.4. The first-order valence-electron chi connectivity index (χ1n) is 2.82. The molecule has 0 N–H and O–H groups in total. The van der Waals surface area contributed by atoms with Crippen molar-refractivity contribution >= 4 is 22.7 Å². The molecule has 0 aliphatic heterocycles. The van der Waals surface area contributed by atoms with Crippen molar-refractivity contribution in [2.24, 2.45) is 0 Å².